The lowest BCUT2D eigenvalue weighted by Gasteiger charge is -2.09. The van der Waals surface area contributed by atoms with E-state index in [9.17, 15) is 13.2 Å². The maximum absolute atomic E-state index is 11.9. The molecule has 0 amide bonds. The third-order valence-electron chi connectivity index (χ3n) is 3.10. The number of carbonyl (C=O) groups is 1. The van der Waals surface area contributed by atoms with Gasteiger partial charge in [0, 0.05) is 29.8 Å². The smallest absolute Gasteiger partial charge is 0.182 e. The molecule has 0 saturated heterocycles. The van der Waals surface area contributed by atoms with E-state index in [1.165, 1.54) is 6.26 Å². The van der Waals surface area contributed by atoms with Gasteiger partial charge in [-0.05, 0) is 33.3 Å². The van der Waals surface area contributed by atoms with Crippen molar-refractivity contribution in [2.45, 2.75) is 39.1 Å². The van der Waals surface area contributed by atoms with Crippen LogP contribution in [0.5, 0.6) is 0 Å². The molecule has 0 fully saturated rings. The van der Waals surface area contributed by atoms with Crippen LogP contribution in [0.1, 0.15) is 35.1 Å². The summed E-state index contributed by atoms with van der Waals surface area (Å²) < 4.78 is 24.2. The number of sulfone groups is 1. The van der Waals surface area contributed by atoms with Crippen LogP contribution in [-0.2, 0) is 16.4 Å². The van der Waals surface area contributed by atoms with Crippen LogP contribution in [0.3, 0.4) is 0 Å². The minimum Gasteiger partial charge on any atom is -0.348 e. The van der Waals surface area contributed by atoms with E-state index in [4.69, 9.17) is 11.6 Å². The maximum Gasteiger partial charge on any atom is 0.182 e. The van der Waals surface area contributed by atoms with Crippen molar-refractivity contribution in [3.8, 4) is 0 Å². The molecule has 0 aliphatic rings. The van der Waals surface area contributed by atoms with E-state index in [-0.39, 0.29) is 11.5 Å². The molecule has 0 spiro atoms. The van der Waals surface area contributed by atoms with Crippen LogP contribution in [0.4, 0.5) is 0 Å². The number of hydrogen-bond acceptors (Lipinski definition) is 3. The topological polar surface area (TPSA) is 56.1 Å². The molecule has 0 aliphatic carbocycles. The third kappa shape index (κ3) is 4.35. The molecule has 1 aromatic heterocycles. The highest BCUT2D eigenvalue weighted by Crippen LogP contribution is 2.19. The van der Waals surface area contributed by atoms with E-state index < -0.39 is 15.2 Å². The lowest BCUT2D eigenvalue weighted by Crippen LogP contribution is -2.13. The Morgan fingerprint density at radius 3 is 2.47 bits per heavy atom. The molecule has 0 aromatic carbocycles. The summed E-state index contributed by atoms with van der Waals surface area (Å²) in [6.45, 7) is 6.01. The number of aryl methyl sites for hydroxylation is 1. The van der Waals surface area contributed by atoms with Crippen LogP contribution in [0.25, 0.3) is 0 Å². The zero-order valence-electron chi connectivity index (χ0n) is 11.7. The van der Waals surface area contributed by atoms with Crippen LogP contribution < -0.4 is 0 Å². The Bertz CT molecular complexity index is 573. The molecule has 1 heterocycles. The summed E-state index contributed by atoms with van der Waals surface area (Å²) in [5.41, 5.74) is 2.43. The number of aromatic nitrogens is 1. The molecule has 1 rings (SSSR count). The molecule has 6 heteroatoms. The molecular weight excluding hydrogens is 286 g/mol. The summed E-state index contributed by atoms with van der Waals surface area (Å²) in [5, 5.41) is -0.551. The number of halogens is 1. The number of nitrogens with zero attached hydrogens (tertiary/aromatic N) is 1. The van der Waals surface area contributed by atoms with Gasteiger partial charge in [0.1, 0.15) is 9.84 Å². The summed E-state index contributed by atoms with van der Waals surface area (Å²) in [7, 11) is -2.94. The molecule has 19 heavy (non-hydrogen) atoms. The molecule has 0 aliphatic heterocycles. The molecule has 0 radical (unpaired) electrons. The predicted octanol–water partition coefficient (Wildman–Crippen LogP) is 2.35. The van der Waals surface area contributed by atoms with Gasteiger partial charge in [-0.1, -0.05) is 0 Å². The fourth-order valence-corrected chi connectivity index (χ4v) is 2.86. The molecule has 108 valence electrons. The molecule has 0 saturated carbocycles. The second-order valence-corrected chi connectivity index (χ2v) is 7.81. The van der Waals surface area contributed by atoms with Crippen LogP contribution >= 0.6 is 11.6 Å². The van der Waals surface area contributed by atoms with Gasteiger partial charge in [0.2, 0.25) is 0 Å². The highest BCUT2D eigenvalue weighted by Gasteiger charge is 2.19. The van der Waals surface area contributed by atoms with Crippen molar-refractivity contribution in [3.63, 3.8) is 0 Å². The van der Waals surface area contributed by atoms with Gasteiger partial charge in [-0.2, -0.15) is 0 Å². The van der Waals surface area contributed by atoms with Crippen LogP contribution in [0.15, 0.2) is 6.07 Å². The Labute approximate surface area is 119 Å². The average molecular weight is 306 g/mol. The monoisotopic (exact) mass is 305 g/mol. The highest BCUT2D eigenvalue weighted by atomic mass is 35.5. The minimum atomic E-state index is -2.94. The predicted molar refractivity (Wildman–Crippen MR) is 77.9 cm³/mol. The highest BCUT2D eigenvalue weighted by molar-refractivity contribution is 7.90. The molecular formula is C13H20ClNO3S. The molecule has 0 bridgehead atoms. The SMILES string of the molecule is Cc1cc(C(=O)C(C)Cl)c(C)n1CCCS(C)(=O)=O. The normalized spacial score (nSPS) is 13.5. The number of carbonyl (C=O) groups excluding carboxylic acids is 1. The van der Waals surface area contributed by atoms with Gasteiger partial charge < -0.3 is 4.57 Å². The summed E-state index contributed by atoms with van der Waals surface area (Å²) in [6, 6.07) is 1.82. The van der Waals surface area contributed by atoms with Crippen molar-refractivity contribution in [1.82, 2.24) is 4.57 Å². The third-order valence-corrected chi connectivity index (χ3v) is 4.33. The first-order chi connectivity index (χ1) is 8.63. The maximum atomic E-state index is 11.9. The van der Waals surface area contributed by atoms with Crippen molar-refractivity contribution >= 4 is 27.2 Å². The van der Waals surface area contributed by atoms with Gasteiger partial charge in [0.25, 0.3) is 0 Å². The van der Waals surface area contributed by atoms with E-state index in [0.29, 0.717) is 18.5 Å². The van der Waals surface area contributed by atoms with Crippen molar-refractivity contribution in [3.05, 3.63) is 23.0 Å². The number of alkyl halides is 1. The first-order valence-corrected chi connectivity index (χ1v) is 8.66. The van der Waals surface area contributed by atoms with Crippen molar-refractivity contribution < 1.29 is 13.2 Å². The van der Waals surface area contributed by atoms with Crippen LogP contribution in [0, 0.1) is 13.8 Å². The lowest BCUT2D eigenvalue weighted by atomic mass is 10.1. The van der Waals surface area contributed by atoms with E-state index >= 15 is 0 Å². The number of hydrogen-bond donors (Lipinski definition) is 0. The largest absolute Gasteiger partial charge is 0.348 e. The van der Waals surface area contributed by atoms with Crippen LogP contribution in [-0.4, -0.2) is 36.2 Å². The number of rotatable bonds is 6. The van der Waals surface area contributed by atoms with Crippen molar-refractivity contribution in [2.24, 2.45) is 0 Å². The van der Waals surface area contributed by atoms with E-state index in [1.54, 1.807) is 6.92 Å². The Morgan fingerprint density at radius 1 is 1.42 bits per heavy atom. The summed E-state index contributed by atoms with van der Waals surface area (Å²) >= 11 is 5.82. The van der Waals surface area contributed by atoms with Crippen LogP contribution in [0.2, 0.25) is 0 Å². The summed E-state index contributed by atoms with van der Waals surface area (Å²) in [4.78, 5) is 11.9. The summed E-state index contributed by atoms with van der Waals surface area (Å²) in [6.07, 6.45) is 1.77. The van der Waals surface area contributed by atoms with E-state index in [0.717, 1.165) is 11.4 Å². The van der Waals surface area contributed by atoms with Gasteiger partial charge in [0.15, 0.2) is 5.78 Å². The molecule has 0 N–H and O–H groups in total. The Hall–Kier alpha value is -0.810. The Kier molecular flexibility index (Phi) is 5.21. The van der Waals surface area contributed by atoms with Crippen molar-refractivity contribution in [2.75, 3.05) is 12.0 Å². The second-order valence-electron chi connectivity index (χ2n) is 4.90. The summed E-state index contributed by atoms with van der Waals surface area (Å²) in [5.74, 6) is 0.0586. The van der Waals surface area contributed by atoms with E-state index in [1.807, 2.05) is 24.5 Å². The molecule has 1 aromatic rings. The quantitative estimate of drug-likeness (QED) is 0.599. The van der Waals surface area contributed by atoms with Gasteiger partial charge in [-0.3, -0.25) is 4.79 Å². The molecule has 1 unspecified atom stereocenters. The zero-order chi connectivity index (χ0) is 14.8. The Balaban J connectivity index is 2.89. The molecule has 1 atom stereocenters. The minimum absolute atomic E-state index is 0.0934. The number of Topliss-reactive ketones (excluding diaryl/α,β-unsaturated/α-hetero) is 1. The lowest BCUT2D eigenvalue weighted by molar-refractivity contribution is 0.0991. The van der Waals surface area contributed by atoms with Gasteiger partial charge in [-0.25, -0.2) is 8.42 Å². The number of ketones is 1. The fourth-order valence-electron chi connectivity index (χ4n) is 2.09. The van der Waals surface area contributed by atoms with Gasteiger partial charge in [0.05, 0.1) is 11.1 Å². The Morgan fingerprint density at radius 2 is 2.00 bits per heavy atom. The first kappa shape index (κ1) is 16.2. The first-order valence-electron chi connectivity index (χ1n) is 6.16. The standard InChI is InChI=1S/C13H20ClNO3S/c1-9-8-12(13(16)10(2)14)11(3)15(9)6-5-7-19(4,17)18/h8,10H,5-7H2,1-4H3. The van der Waals surface area contributed by atoms with Gasteiger partial charge in [-0.15, -0.1) is 11.6 Å². The fraction of sp³-hybridized carbons (Fsp3) is 0.615. The van der Waals surface area contributed by atoms with E-state index in [2.05, 4.69) is 0 Å². The second kappa shape index (κ2) is 6.09. The zero-order valence-corrected chi connectivity index (χ0v) is 13.3. The average Bonchev–Trinajstić information content (AvgIpc) is 2.53. The molecule has 4 nitrogen and oxygen atoms in total. The van der Waals surface area contributed by atoms with Crippen molar-refractivity contribution in [1.29, 1.82) is 0 Å². The van der Waals surface area contributed by atoms with Gasteiger partial charge >= 0.3 is 0 Å².